The average Bonchev–Trinajstić information content (AvgIpc) is 3.17. The van der Waals surface area contributed by atoms with E-state index in [1.807, 2.05) is 23.1 Å². The van der Waals surface area contributed by atoms with Crippen molar-refractivity contribution in [1.82, 2.24) is 15.0 Å². The molecule has 0 aliphatic heterocycles. The Morgan fingerprint density at radius 1 is 1.44 bits per heavy atom. The van der Waals surface area contributed by atoms with Crippen molar-refractivity contribution in [3.8, 4) is 11.8 Å². The van der Waals surface area contributed by atoms with E-state index in [1.54, 1.807) is 11.8 Å². The molecule has 0 spiro atoms. The zero-order valence-electron chi connectivity index (χ0n) is 10.00. The summed E-state index contributed by atoms with van der Waals surface area (Å²) in [4.78, 5) is 1.18. The molecule has 90 valence electrons. The fourth-order valence-electron chi connectivity index (χ4n) is 2.02. The Hall–Kier alpha value is -1.80. The molecule has 1 aromatic heterocycles. The van der Waals surface area contributed by atoms with Gasteiger partial charge in [-0.25, -0.2) is 4.68 Å². The van der Waals surface area contributed by atoms with Crippen LogP contribution in [0.3, 0.4) is 0 Å². The van der Waals surface area contributed by atoms with E-state index in [2.05, 4.69) is 28.5 Å². The minimum atomic E-state index is 0.451. The van der Waals surface area contributed by atoms with Crippen molar-refractivity contribution in [2.24, 2.45) is 0 Å². The highest BCUT2D eigenvalue weighted by Gasteiger charge is 2.31. The summed E-state index contributed by atoms with van der Waals surface area (Å²) in [6.45, 7) is 0. The summed E-state index contributed by atoms with van der Waals surface area (Å²) in [6, 6.07) is 10.3. The molecule has 0 unspecified atom stereocenters. The van der Waals surface area contributed by atoms with Crippen LogP contribution in [-0.4, -0.2) is 21.2 Å². The lowest BCUT2D eigenvalue weighted by Crippen LogP contribution is -2.02. The largest absolute Gasteiger partial charge is 0.216 e. The molecule has 0 bridgehead atoms. The van der Waals surface area contributed by atoms with Gasteiger partial charge in [0.15, 0.2) is 5.69 Å². The maximum Gasteiger partial charge on any atom is 0.186 e. The van der Waals surface area contributed by atoms with E-state index in [0.29, 0.717) is 11.6 Å². The Balaban J connectivity index is 2.11. The van der Waals surface area contributed by atoms with Crippen LogP contribution in [-0.2, 0) is 0 Å². The van der Waals surface area contributed by atoms with Crippen LogP contribution in [0.2, 0.25) is 0 Å². The maximum absolute atomic E-state index is 9.09. The van der Waals surface area contributed by atoms with Crippen molar-refractivity contribution in [2.45, 2.75) is 23.7 Å². The number of hydrogen-bond donors (Lipinski definition) is 0. The Morgan fingerprint density at radius 3 is 2.94 bits per heavy atom. The molecule has 5 heteroatoms. The van der Waals surface area contributed by atoms with Crippen molar-refractivity contribution in [2.75, 3.05) is 6.26 Å². The number of rotatable bonds is 3. The van der Waals surface area contributed by atoms with E-state index in [1.165, 1.54) is 4.90 Å². The highest BCUT2D eigenvalue weighted by atomic mass is 32.2. The molecule has 2 aromatic rings. The molecule has 1 fully saturated rings. The van der Waals surface area contributed by atoms with Gasteiger partial charge in [-0.3, -0.25) is 0 Å². The van der Waals surface area contributed by atoms with Crippen LogP contribution < -0.4 is 0 Å². The Morgan fingerprint density at radius 2 is 2.28 bits per heavy atom. The topological polar surface area (TPSA) is 54.5 Å². The molecule has 1 saturated carbocycles. The fraction of sp³-hybridized carbons (Fsp3) is 0.308. The van der Waals surface area contributed by atoms with Gasteiger partial charge in [0.25, 0.3) is 0 Å². The maximum atomic E-state index is 9.09. The van der Waals surface area contributed by atoms with E-state index >= 15 is 0 Å². The highest BCUT2D eigenvalue weighted by molar-refractivity contribution is 7.98. The zero-order chi connectivity index (χ0) is 12.5. The molecule has 1 aliphatic rings. The Labute approximate surface area is 110 Å². The van der Waals surface area contributed by atoms with E-state index in [9.17, 15) is 0 Å². The predicted octanol–water partition coefficient (Wildman–Crippen LogP) is 2.74. The normalized spacial score (nSPS) is 14.4. The van der Waals surface area contributed by atoms with Gasteiger partial charge in [0.1, 0.15) is 6.07 Å². The molecule has 1 aliphatic carbocycles. The van der Waals surface area contributed by atoms with Crippen molar-refractivity contribution in [3.63, 3.8) is 0 Å². The molecule has 1 heterocycles. The summed E-state index contributed by atoms with van der Waals surface area (Å²) in [7, 11) is 0. The van der Waals surface area contributed by atoms with E-state index in [-0.39, 0.29) is 0 Å². The third-order valence-corrected chi connectivity index (χ3v) is 3.80. The van der Waals surface area contributed by atoms with Crippen LogP contribution in [0.25, 0.3) is 5.69 Å². The molecule has 4 nitrogen and oxygen atoms in total. The second kappa shape index (κ2) is 4.46. The van der Waals surface area contributed by atoms with Gasteiger partial charge in [0.05, 0.1) is 11.4 Å². The first-order valence-corrected chi connectivity index (χ1v) is 7.06. The van der Waals surface area contributed by atoms with Crippen molar-refractivity contribution >= 4 is 11.8 Å². The average molecular weight is 256 g/mol. The summed E-state index contributed by atoms with van der Waals surface area (Å²) in [6.07, 6.45) is 4.30. The van der Waals surface area contributed by atoms with Gasteiger partial charge in [-0.15, -0.1) is 16.9 Å². The van der Waals surface area contributed by atoms with Crippen LogP contribution in [0.1, 0.15) is 30.1 Å². The summed E-state index contributed by atoms with van der Waals surface area (Å²) in [5, 5.41) is 17.2. The smallest absolute Gasteiger partial charge is 0.186 e. The second-order valence-corrected chi connectivity index (χ2v) is 5.20. The van der Waals surface area contributed by atoms with Gasteiger partial charge in [-0.2, -0.15) is 5.26 Å². The van der Waals surface area contributed by atoms with Crippen LogP contribution >= 0.6 is 11.8 Å². The highest BCUT2D eigenvalue weighted by Crippen LogP contribution is 2.41. The first-order valence-electron chi connectivity index (χ1n) is 5.83. The summed E-state index contributed by atoms with van der Waals surface area (Å²) in [5.74, 6) is 0.451. The van der Waals surface area contributed by atoms with Crippen LogP contribution in [0.4, 0.5) is 0 Å². The quantitative estimate of drug-likeness (QED) is 0.792. The number of aromatic nitrogens is 3. The van der Waals surface area contributed by atoms with Gasteiger partial charge in [0, 0.05) is 10.8 Å². The van der Waals surface area contributed by atoms with Crippen molar-refractivity contribution in [3.05, 3.63) is 35.7 Å². The summed E-state index contributed by atoms with van der Waals surface area (Å²) in [5.41, 5.74) is 2.42. The summed E-state index contributed by atoms with van der Waals surface area (Å²) >= 11 is 1.69. The molecule has 18 heavy (non-hydrogen) atoms. The van der Waals surface area contributed by atoms with Gasteiger partial charge in [-0.1, -0.05) is 11.3 Å². The molecule has 0 atom stereocenters. The monoisotopic (exact) mass is 256 g/mol. The molecule has 1 aromatic carbocycles. The van der Waals surface area contributed by atoms with Crippen LogP contribution in [0, 0.1) is 11.3 Å². The molecule has 0 saturated heterocycles. The lowest BCUT2D eigenvalue weighted by atomic mass is 10.2. The van der Waals surface area contributed by atoms with Gasteiger partial charge < -0.3 is 0 Å². The molecule has 0 N–H and O–H groups in total. The summed E-state index contributed by atoms with van der Waals surface area (Å²) < 4.78 is 1.82. The Bertz CT molecular complexity index is 622. The zero-order valence-corrected chi connectivity index (χ0v) is 10.8. The number of benzene rings is 1. The lowest BCUT2D eigenvalue weighted by molar-refractivity contribution is 0.762. The standard InChI is InChI=1S/C13H12N4S/c1-18-11-4-2-3-10(7-11)17-13(9-5-6-9)12(8-14)15-16-17/h2-4,7,9H,5-6H2,1H3. The minimum Gasteiger partial charge on any atom is -0.216 e. The molecular weight excluding hydrogens is 244 g/mol. The molecule has 3 rings (SSSR count). The minimum absolute atomic E-state index is 0.451. The van der Waals surface area contributed by atoms with E-state index in [0.717, 1.165) is 24.2 Å². The number of hydrogen-bond acceptors (Lipinski definition) is 4. The fourth-order valence-corrected chi connectivity index (χ4v) is 2.48. The lowest BCUT2D eigenvalue weighted by Gasteiger charge is -2.06. The third-order valence-electron chi connectivity index (χ3n) is 3.07. The molecule has 0 amide bonds. The number of nitrogens with zero attached hydrogens (tertiary/aromatic N) is 4. The SMILES string of the molecule is CSc1cccc(-n2nnc(C#N)c2C2CC2)c1. The first-order chi connectivity index (χ1) is 8.83. The van der Waals surface area contributed by atoms with Crippen LogP contribution in [0.15, 0.2) is 29.2 Å². The van der Waals surface area contributed by atoms with E-state index < -0.39 is 0 Å². The first kappa shape index (κ1) is 11.3. The number of thioether (sulfide) groups is 1. The van der Waals surface area contributed by atoms with Crippen molar-refractivity contribution in [1.29, 1.82) is 5.26 Å². The van der Waals surface area contributed by atoms with Gasteiger partial charge >= 0.3 is 0 Å². The molecule has 0 radical (unpaired) electrons. The van der Waals surface area contributed by atoms with Gasteiger partial charge in [0.2, 0.25) is 0 Å². The Kier molecular flexibility index (Phi) is 2.80. The third kappa shape index (κ3) is 1.89. The molecular formula is C13H12N4S. The van der Waals surface area contributed by atoms with Crippen LogP contribution in [0.5, 0.6) is 0 Å². The predicted molar refractivity (Wildman–Crippen MR) is 69.8 cm³/mol. The second-order valence-electron chi connectivity index (χ2n) is 4.32. The van der Waals surface area contributed by atoms with Crippen molar-refractivity contribution < 1.29 is 0 Å². The number of nitriles is 1. The van der Waals surface area contributed by atoms with E-state index in [4.69, 9.17) is 5.26 Å². The van der Waals surface area contributed by atoms with Gasteiger partial charge in [-0.05, 0) is 37.3 Å².